The first-order valence-electron chi connectivity index (χ1n) is 17.8. The second-order valence-electron chi connectivity index (χ2n) is 13.1. The molecule has 0 N–H and O–H groups in total. The summed E-state index contributed by atoms with van der Waals surface area (Å²) in [6.45, 7) is 4.28. The molecule has 0 bridgehead atoms. The zero-order valence-electron chi connectivity index (χ0n) is 29.6. The molecule has 0 radical (unpaired) electrons. The molecule has 8 aromatic carbocycles. The summed E-state index contributed by atoms with van der Waals surface area (Å²) < 4.78 is 1.42. The molecule has 0 saturated carbocycles. The maximum absolute atomic E-state index is 3.57. The standard InChI is InChI=1S/C23H17.C15H13.C13H10.Zr/c1-4-10-18(11-5-1)21-16-17-22(19-12-6-2-7-13-19)23(21)20-14-8-3-9-15-20;1-10-3-5-14-12(7-10)9-13-8-11(2)4-6-15(13)14;1-3-7-12(8-4-1)11-13-9-5-2-6-10-13;/h1-16,22H;3-9H,1-2H3;1-10H;/q2*-1;;+2. The maximum atomic E-state index is 3.57. The Balaban J connectivity index is 0.000000127. The molecule has 248 valence electrons. The average molecular weight is 744 g/mol. The SMILES string of the molecule is Cc1ccc2c(c1)[cH-]c1cc(C)ccc12.[C-]1=CC(c2ccccc2)=C(c2ccccc2)C1c1ccccc1.[Zr+2]=[C](c1ccccc1)c1ccccc1. The summed E-state index contributed by atoms with van der Waals surface area (Å²) in [5.41, 5.74) is 11.7. The molecule has 1 unspecified atom stereocenters. The van der Waals surface area contributed by atoms with Gasteiger partial charge in [-0.15, -0.1) is 50.9 Å². The van der Waals surface area contributed by atoms with Crippen LogP contribution in [0, 0.1) is 19.9 Å². The van der Waals surface area contributed by atoms with Gasteiger partial charge in [-0.05, 0) is 19.4 Å². The zero-order valence-corrected chi connectivity index (χ0v) is 32.1. The van der Waals surface area contributed by atoms with Crippen LogP contribution in [0.5, 0.6) is 0 Å². The summed E-state index contributed by atoms with van der Waals surface area (Å²) >= 11 is 1.46. The molecule has 0 heterocycles. The van der Waals surface area contributed by atoms with E-state index in [1.807, 2.05) is 0 Å². The summed E-state index contributed by atoms with van der Waals surface area (Å²) in [5, 5.41) is 5.46. The van der Waals surface area contributed by atoms with Gasteiger partial charge >= 0.3 is 99.2 Å². The predicted octanol–water partition coefficient (Wildman–Crippen LogP) is 12.9. The fourth-order valence-corrected chi connectivity index (χ4v) is 7.64. The summed E-state index contributed by atoms with van der Waals surface area (Å²) in [5.74, 6) is 0.189. The van der Waals surface area contributed by atoms with Crippen LogP contribution in [-0.4, -0.2) is 3.21 Å². The zero-order chi connectivity index (χ0) is 35.7. The Labute approximate surface area is 323 Å². The fraction of sp³-hybridized carbons (Fsp3) is 0.0588. The molecule has 1 aliphatic carbocycles. The molecule has 1 heteroatoms. The first-order valence-corrected chi connectivity index (χ1v) is 19.0. The normalized spacial score (nSPS) is 13.3. The first-order chi connectivity index (χ1) is 25.5. The van der Waals surface area contributed by atoms with E-state index < -0.39 is 0 Å². The van der Waals surface area contributed by atoms with Gasteiger partial charge in [-0.3, -0.25) is 6.08 Å². The van der Waals surface area contributed by atoms with Gasteiger partial charge in [-0.25, -0.2) is 6.08 Å². The number of fused-ring (bicyclic) bond motifs is 3. The van der Waals surface area contributed by atoms with Gasteiger partial charge in [0.15, 0.2) is 0 Å². The van der Waals surface area contributed by atoms with Crippen molar-refractivity contribution in [3.63, 3.8) is 0 Å². The van der Waals surface area contributed by atoms with Crippen LogP contribution in [0.2, 0.25) is 0 Å². The van der Waals surface area contributed by atoms with Crippen LogP contribution in [0.25, 0.3) is 32.7 Å². The van der Waals surface area contributed by atoms with Gasteiger partial charge in [-0.2, -0.15) is 5.57 Å². The Morgan fingerprint density at radius 2 is 0.923 bits per heavy atom. The van der Waals surface area contributed by atoms with E-state index in [1.165, 1.54) is 99.1 Å². The molecule has 0 saturated heterocycles. The van der Waals surface area contributed by atoms with Gasteiger partial charge in [-0.1, -0.05) is 138 Å². The molecule has 9 rings (SSSR count). The van der Waals surface area contributed by atoms with Crippen LogP contribution in [-0.2, 0) is 24.2 Å². The van der Waals surface area contributed by atoms with Crippen LogP contribution in [0.1, 0.15) is 44.9 Å². The van der Waals surface area contributed by atoms with E-state index in [1.54, 1.807) is 0 Å². The van der Waals surface area contributed by atoms with Gasteiger partial charge in [0.25, 0.3) is 0 Å². The van der Waals surface area contributed by atoms with E-state index in [2.05, 4.69) is 220 Å². The topological polar surface area (TPSA) is 0 Å². The monoisotopic (exact) mass is 742 g/mol. The molecule has 52 heavy (non-hydrogen) atoms. The van der Waals surface area contributed by atoms with Crippen molar-refractivity contribution >= 4 is 35.9 Å². The fourth-order valence-electron chi connectivity index (χ4n) is 6.83. The molecule has 0 nitrogen and oxygen atoms in total. The molecule has 0 aromatic heterocycles. The molecular formula is C51H40Zr. The van der Waals surface area contributed by atoms with E-state index in [-0.39, 0.29) is 5.92 Å². The number of aryl methyl sites for hydroxylation is 2. The van der Waals surface area contributed by atoms with Crippen LogP contribution >= 0.6 is 0 Å². The van der Waals surface area contributed by atoms with Crippen molar-refractivity contribution in [2.75, 3.05) is 0 Å². The number of hydrogen-bond acceptors (Lipinski definition) is 0. The molecule has 1 atom stereocenters. The van der Waals surface area contributed by atoms with E-state index in [0.29, 0.717) is 0 Å². The summed E-state index contributed by atoms with van der Waals surface area (Å²) in [7, 11) is 0. The van der Waals surface area contributed by atoms with Gasteiger partial charge in [0.05, 0.1) is 0 Å². The van der Waals surface area contributed by atoms with Crippen LogP contribution in [0.4, 0.5) is 0 Å². The average Bonchev–Trinajstić information content (AvgIpc) is 3.81. The summed E-state index contributed by atoms with van der Waals surface area (Å²) in [6.07, 6.45) is 5.72. The Hall–Kier alpha value is -5.36. The Morgan fingerprint density at radius 1 is 0.500 bits per heavy atom. The summed E-state index contributed by atoms with van der Waals surface area (Å²) in [6, 6.07) is 68.6. The Bertz CT molecular complexity index is 2350. The third-order valence-corrected chi connectivity index (χ3v) is 10.8. The molecule has 0 spiro atoms. The van der Waals surface area contributed by atoms with Crippen LogP contribution in [0.3, 0.4) is 0 Å². The van der Waals surface area contributed by atoms with Crippen molar-refractivity contribution in [1.82, 2.24) is 0 Å². The number of hydrogen-bond donors (Lipinski definition) is 0. The van der Waals surface area contributed by atoms with Crippen molar-refractivity contribution in [3.8, 4) is 0 Å². The molecule has 8 aromatic rings. The number of benzene rings is 7. The molecule has 0 aliphatic heterocycles. The summed E-state index contributed by atoms with van der Waals surface area (Å²) in [4.78, 5) is 0. The minimum atomic E-state index is 0.189. The van der Waals surface area contributed by atoms with E-state index in [4.69, 9.17) is 0 Å². The van der Waals surface area contributed by atoms with Crippen LogP contribution < -0.4 is 0 Å². The molecule has 0 fully saturated rings. The van der Waals surface area contributed by atoms with Crippen molar-refractivity contribution in [2.45, 2.75) is 19.8 Å². The van der Waals surface area contributed by atoms with Gasteiger partial charge < -0.3 is 0 Å². The molecular weight excluding hydrogens is 704 g/mol. The number of rotatable bonds is 5. The second-order valence-corrected chi connectivity index (χ2v) is 14.4. The molecule has 0 amide bonds. The van der Waals surface area contributed by atoms with Crippen molar-refractivity contribution in [2.24, 2.45) is 0 Å². The third-order valence-electron chi connectivity index (χ3n) is 9.42. The van der Waals surface area contributed by atoms with Gasteiger partial charge in [0.1, 0.15) is 0 Å². The Kier molecular flexibility index (Phi) is 11.3. The van der Waals surface area contributed by atoms with Crippen molar-refractivity contribution in [3.05, 3.63) is 245 Å². The van der Waals surface area contributed by atoms with Gasteiger partial charge in [0, 0.05) is 0 Å². The third kappa shape index (κ3) is 8.23. The van der Waals surface area contributed by atoms with E-state index in [9.17, 15) is 0 Å². The quantitative estimate of drug-likeness (QED) is 0.154. The number of allylic oxidation sites excluding steroid dienone is 4. The second kappa shape index (κ2) is 16.8. The van der Waals surface area contributed by atoms with Gasteiger partial charge in [0.2, 0.25) is 0 Å². The van der Waals surface area contributed by atoms with E-state index in [0.717, 1.165) is 0 Å². The van der Waals surface area contributed by atoms with Crippen molar-refractivity contribution in [1.29, 1.82) is 0 Å². The van der Waals surface area contributed by atoms with E-state index >= 15 is 0 Å². The Morgan fingerprint density at radius 3 is 1.40 bits per heavy atom. The van der Waals surface area contributed by atoms with Crippen molar-refractivity contribution < 1.29 is 24.2 Å². The first kappa shape index (κ1) is 35.1. The van der Waals surface area contributed by atoms with Crippen LogP contribution in [0.15, 0.2) is 200 Å². The predicted molar refractivity (Wildman–Crippen MR) is 219 cm³/mol. The minimum absolute atomic E-state index is 0.189. The molecule has 1 aliphatic rings.